The first-order chi connectivity index (χ1) is 12.3. The largest absolute Gasteiger partial charge is 0.478 e. The molecule has 1 amide bonds. The Balaban J connectivity index is 1.89. The van der Waals surface area contributed by atoms with Gasteiger partial charge in [-0.15, -0.1) is 0 Å². The van der Waals surface area contributed by atoms with E-state index in [0.717, 1.165) is 11.8 Å². The third-order valence-electron chi connectivity index (χ3n) is 3.33. The van der Waals surface area contributed by atoms with E-state index in [1.54, 1.807) is 30.3 Å². The predicted octanol–water partition coefficient (Wildman–Crippen LogP) is 5.24. The van der Waals surface area contributed by atoms with Crippen LogP contribution in [-0.2, 0) is 4.79 Å². The van der Waals surface area contributed by atoms with E-state index < -0.39 is 5.97 Å². The van der Waals surface area contributed by atoms with Gasteiger partial charge in [-0.2, -0.15) is 0 Å². The number of benzene rings is 2. The third-order valence-corrected chi connectivity index (χ3v) is 5.40. The molecule has 0 saturated carbocycles. The quantitative estimate of drug-likeness (QED) is 0.657. The van der Waals surface area contributed by atoms with Gasteiger partial charge in [0.1, 0.15) is 0 Å². The van der Waals surface area contributed by atoms with E-state index in [2.05, 4.69) is 10.3 Å². The average Bonchev–Trinajstić information content (AvgIpc) is 2.92. The van der Waals surface area contributed by atoms with E-state index >= 15 is 0 Å². The van der Waals surface area contributed by atoms with Crippen LogP contribution in [0.3, 0.4) is 0 Å². The molecule has 2 aromatic carbocycles. The lowest BCUT2D eigenvalue weighted by Gasteiger charge is -2.01. The summed E-state index contributed by atoms with van der Waals surface area (Å²) in [5.74, 6) is -1.49. The maximum Gasteiger partial charge on any atom is 0.337 e. The molecule has 1 saturated heterocycles. The van der Waals surface area contributed by atoms with E-state index in [0.29, 0.717) is 31.4 Å². The molecule has 0 radical (unpaired) electrons. The summed E-state index contributed by atoms with van der Waals surface area (Å²) in [5, 5.41) is 12.9. The van der Waals surface area contributed by atoms with Gasteiger partial charge in [-0.05, 0) is 47.7 Å². The van der Waals surface area contributed by atoms with E-state index in [1.165, 1.54) is 12.1 Å². The van der Waals surface area contributed by atoms with E-state index in [4.69, 9.17) is 39.9 Å². The first kappa shape index (κ1) is 18.8. The van der Waals surface area contributed by atoms with Crippen molar-refractivity contribution in [1.82, 2.24) is 5.32 Å². The van der Waals surface area contributed by atoms with Gasteiger partial charge in [-0.3, -0.25) is 4.79 Å². The Morgan fingerprint density at radius 1 is 1.15 bits per heavy atom. The number of carbonyl (C=O) groups is 2. The number of carboxylic acids is 1. The molecule has 0 aromatic heterocycles. The number of carboxylic acid groups (broad SMARTS) is 1. The fourth-order valence-corrected chi connectivity index (χ4v) is 3.51. The minimum Gasteiger partial charge on any atom is -0.478 e. The molecule has 132 valence electrons. The molecule has 1 aliphatic heterocycles. The van der Waals surface area contributed by atoms with E-state index in [1.807, 2.05) is 0 Å². The van der Waals surface area contributed by atoms with Crippen LogP contribution < -0.4 is 5.32 Å². The van der Waals surface area contributed by atoms with Crippen molar-refractivity contribution < 1.29 is 14.7 Å². The van der Waals surface area contributed by atoms with Gasteiger partial charge in [0.05, 0.1) is 31.2 Å². The smallest absolute Gasteiger partial charge is 0.337 e. The zero-order chi connectivity index (χ0) is 18.8. The Kier molecular flexibility index (Phi) is 5.58. The number of aromatic carboxylic acids is 1. The number of rotatable bonds is 3. The Morgan fingerprint density at radius 3 is 2.65 bits per heavy atom. The van der Waals surface area contributed by atoms with Crippen molar-refractivity contribution in [2.75, 3.05) is 0 Å². The number of nitrogens with one attached hydrogen (secondary N) is 1. The van der Waals surface area contributed by atoms with Crippen LogP contribution >= 0.6 is 46.6 Å². The Morgan fingerprint density at radius 2 is 1.92 bits per heavy atom. The fraction of sp³-hybridized carbons (Fsp3) is 0. The normalized spacial score (nSPS) is 17.0. The number of hydrogen-bond donors (Lipinski definition) is 2. The van der Waals surface area contributed by atoms with Crippen LogP contribution in [0.4, 0.5) is 5.69 Å². The molecule has 1 aliphatic rings. The van der Waals surface area contributed by atoms with Crippen molar-refractivity contribution in [2.45, 2.75) is 0 Å². The standard InChI is InChI=1S/C17H9Cl3N2O3S/c18-11-5-4-9(7-10(11)16(24)25)21-17-22-15(23)13(26-17)6-8-2-1-3-12(19)14(8)20/h1-7H,(H,24,25)(H,21,22,23). The first-order valence-electron chi connectivity index (χ1n) is 7.11. The highest BCUT2D eigenvalue weighted by Gasteiger charge is 2.24. The Hall–Kier alpha value is -1.99. The number of amidine groups is 1. The van der Waals surface area contributed by atoms with Crippen LogP contribution in [0, 0.1) is 0 Å². The second-order valence-corrected chi connectivity index (χ2v) is 7.32. The fourth-order valence-electron chi connectivity index (χ4n) is 2.12. The molecule has 26 heavy (non-hydrogen) atoms. The number of amides is 1. The minimum atomic E-state index is -1.16. The highest BCUT2D eigenvalue weighted by atomic mass is 35.5. The first-order valence-corrected chi connectivity index (χ1v) is 9.06. The molecule has 0 spiro atoms. The summed E-state index contributed by atoms with van der Waals surface area (Å²) in [4.78, 5) is 27.9. The second kappa shape index (κ2) is 7.72. The molecule has 9 heteroatoms. The molecule has 0 unspecified atom stereocenters. The molecule has 2 N–H and O–H groups in total. The van der Waals surface area contributed by atoms with Gasteiger partial charge < -0.3 is 10.4 Å². The maximum absolute atomic E-state index is 12.1. The number of hydrogen-bond acceptors (Lipinski definition) is 4. The Labute approximate surface area is 167 Å². The van der Waals surface area contributed by atoms with Crippen molar-refractivity contribution in [3.8, 4) is 0 Å². The average molecular weight is 428 g/mol. The lowest BCUT2D eigenvalue weighted by molar-refractivity contribution is -0.115. The molecular formula is C17H9Cl3N2O3S. The lowest BCUT2D eigenvalue weighted by atomic mass is 10.2. The van der Waals surface area contributed by atoms with Crippen molar-refractivity contribution in [3.63, 3.8) is 0 Å². The molecule has 2 aromatic rings. The second-order valence-electron chi connectivity index (χ2n) is 5.09. The summed E-state index contributed by atoms with van der Waals surface area (Å²) in [7, 11) is 0. The van der Waals surface area contributed by atoms with Crippen LogP contribution in [0.5, 0.6) is 0 Å². The van der Waals surface area contributed by atoms with Crippen LogP contribution in [0.15, 0.2) is 46.3 Å². The summed E-state index contributed by atoms with van der Waals surface area (Å²) in [6.07, 6.45) is 1.61. The summed E-state index contributed by atoms with van der Waals surface area (Å²) in [6, 6.07) is 9.45. The van der Waals surface area contributed by atoms with E-state index in [9.17, 15) is 9.59 Å². The third kappa shape index (κ3) is 4.04. The summed E-state index contributed by atoms with van der Waals surface area (Å²) in [5.41, 5.74) is 0.902. The van der Waals surface area contributed by atoms with Gasteiger partial charge >= 0.3 is 5.97 Å². The summed E-state index contributed by atoms with van der Waals surface area (Å²) >= 11 is 19.1. The number of aliphatic imine (C=N–C) groups is 1. The van der Waals surface area contributed by atoms with Gasteiger partial charge in [0.25, 0.3) is 5.91 Å². The lowest BCUT2D eigenvalue weighted by Crippen LogP contribution is -2.19. The van der Waals surface area contributed by atoms with Crippen molar-refractivity contribution in [2.24, 2.45) is 4.99 Å². The van der Waals surface area contributed by atoms with Gasteiger partial charge in [0.15, 0.2) is 5.17 Å². The number of thioether (sulfide) groups is 1. The van der Waals surface area contributed by atoms with Crippen molar-refractivity contribution >= 4 is 75.4 Å². The molecule has 1 heterocycles. The monoisotopic (exact) mass is 426 g/mol. The van der Waals surface area contributed by atoms with Crippen LogP contribution in [0.25, 0.3) is 6.08 Å². The van der Waals surface area contributed by atoms with Crippen LogP contribution in [0.2, 0.25) is 15.1 Å². The predicted molar refractivity (Wildman–Crippen MR) is 106 cm³/mol. The van der Waals surface area contributed by atoms with Crippen LogP contribution in [-0.4, -0.2) is 22.2 Å². The molecule has 0 aliphatic carbocycles. The minimum absolute atomic E-state index is 0.0654. The molecule has 0 atom stereocenters. The topological polar surface area (TPSA) is 78.8 Å². The van der Waals surface area contributed by atoms with Gasteiger partial charge in [-0.25, -0.2) is 9.79 Å². The number of nitrogens with zero attached hydrogens (tertiary/aromatic N) is 1. The summed E-state index contributed by atoms with van der Waals surface area (Å²) in [6.45, 7) is 0. The zero-order valence-electron chi connectivity index (χ0n) is 12.8. The van der Waals surface area contributed by atoms with E-state index in [-0.39, 0.29) is 16.5 Å². The Bertz CT molecular complexity index is 989. The van der Waals surface area contributed by atoms with Crippen molar-refractivity contribution in [1.29, 1.82) is 0 Å². The van der Waals surface area contributed by atoms with Gasteiger partial charge in [-0.1, -0.05) is 46.9 Å². The van der Waals surface area contributed by atoms with Gasteiger partial charge in [0, 0.05) is 0 Å². The number of carbonyl (C=O) groups excluding carboxylic acids is 1. The molecule has 3 rings (SSSR count). The van der Waals surface area contributed by atoms with Gasteiger partial charge in [0.2, 0.25) is 0 Å². The number of halogens is 3. The molecule has 0 bridgehead atoms. The molecular weight excluding hydrogens is 419 g/mol. The SMILES string of the molecule is O=C1NC(=Nc2ccc(Cl)c(C(=O)O)c2)SC1=Cc1cccc(Cl)c1Cl. The zero-order valence-corrected chi connectivity index (χ0v) is 15.9. The summed E-state index contributed by atoms with van der Waals surface area (Å²) < 4.78 is 0. The molecule has 1 fully saturated rings. The van der Waals surface area contributed by atoms with Crippen molar-refractivity contribution in [3.05, 3.63) is 67.5 Å². The maximum atomic E-state index is 12.1. The highest BCUT2D eigenvalue weighted by molar-refractivity contribution is 8.18. The highest BCUT2D eigenvalue weighted by Crippen LogP contribution is 2.32. The molecule has 5 nitrogen and oxygen atoms in total. The van der Waals surface area contributed by atoms with Crippen LogP contribution in [0.1, 0.15) is 15.9 Å².